The van der Waals surface area contributed by atoms with Crippen LogP contribution in [0.25, 0.3) is 0 Å². The van der Waals surface area contributed by atoms with E-state index in [4.69, 9.17) is 14.2 Å². The molecule has 71 heavy (non-hydrogen) atoms. The van der Waals surface area contributed by atoms with Crippen LogP contribution in [0.1, 0.15) is 239 Å². The molecule has 0 aliphatic rings. The van der Waals surface area contributed by atoms with E-state index < -0.39 is 12.1 Å². The molecule has 0 heterocycles. The third-order valence-electron chi connectivity index (χ3n) is 11.6. The Labute approximate surface area is 436 Å². The minimum absolute atomic E-state index is 0.123. The summed E-state index contributed by atoms with van der Waals surface area (Å²) in [5.41, 5.74) is 0. The fourth-order valence-electron chi connectivity index (χ4n) is 7.39. The number of ether oxygens (including phenoxy) is 3. The second-order valence-corrected chi connectivity index (χ2v) is 18.4. The van der Waals surface area contributed by atoms with Crippen molar-refractivity contribution in [3.8, 4) is 0 Å². The molecule has 0 N–H and O–H groups in total. The van der Waals surface area contributed by atoms with Crippen LogP contribution in [0.3, 0.4) is 0 Å². The number of hydrogen-bond donors (Lipinski definition) is 0. The summed E-state index contributed by atoms with van der Waals surface area (Å²) < 4.78 is 16.8. The summed E-state index contributed by atoms with van der Waals surface area (Å²) in [7, 11) is 0. The molecular weight excluding hydrogens is 877 g/mol. The number of rotatable bonds is 50. The van der Waals surface area contributed by atoms with Gasteiger partial charge in [-0.05, 0) is 122 Å². The van der Waals surface area contributed by atoms with Crippen molar-refractivity contribution in [3.05, 3.63) is 134 Å². The van der Waals surface area contributed by atoms with E-state index in [9.17, 15) is 14.4 Å². The van der Waals surface area contributed by atoms with Crippen molar-refractivity contribution >= 4 is 17.9 Å². The van der Waals surface area contributed by atoms with E-state index in [1.54, 1.807) is 0 Å². The molecule has 6 heteroatoms. The first kappa shape index (κ1) is 66.6. The quantitative estimate of drug-likeness (QED) is 0.0262. The summed E-state index contributed by atoms with van der Waals surface area (Å²) in [6.45, 7) is 6.32. The van der Waals surface area contributed by atoms with Crippen molar-refractivity contribution in [1.29, 1.82) is 0 Å². The van der Waals surface area contributed by atoms with Crippen LogP contribution >= 0.6 is 0 Å². The number of allylic oxidation sites excluding steroid dienone is 22. The van der Waals surface area contributed by atoms with Gasteiger partial charge in [-0.3, -0.25) is 14.4 Å². The van der Waals surface area contributed by atoms with E-state index in [-0.39, 0.29) is 31.6 Å². The minimum atomic E-state index is -0.836. The van der Waals surface area contributed by atoms with Crippen LogP contribution in [0.15, 0.2) is 134 Å². The van der Waals surface area contributed by atoms with Crippen LogP contribution < -0.4 is 0 Å². The predicted molar refractivity (Wildman–Crippen MR) is 306 cm³/mol. The van der Waals surface area contributed by atoms with Crippen molar-refractivity contribution in [3.63, 3.8) is 0 Å². The Hall–Kier alpha value is -4.45. The van der Waals surface area contributed by atoms with Crippen molar-refractivity contribution in [2.45, 2.75) is 245 Å². The molecule has 0 fully saturated rings. The van der Waals surface area contributed by atoms with Crippen molar-refractivity contribution < 1.29 is 28.6 Å². The van der Waals surface area contributed by atoms with Crippen LogP contribution in [-0.4, -0.2) is 37.2 Å². The third kappa shape index (κ3) is 56.3. The average Bonchev–Trinajstić information content (AvgIpc) is 3.37. The Morgan fingerprint density at radius 2 is 0.577 bits per heavy atom. The molecular formula is C65H104O6. The molecule has 0 aromatic heterocycles. The van der Waals surface area contributed by atoms with Gasteiger partial charge in [0.15, 0.2) is 6.10 Å². The number of carbonyl (C=O) groups excluding carboxylic acids is 3. The van der Waals surface area contributed by atoms with Gasteiger partial charge < -0.3 is 14.2 Å². The van der Waals surface area contributed by atoms with Gasteiger partial charge in [0.1, 0.15) is 13.2 Å². The van der Waals surface area contributed by atoms with Gasteiger partial charge in [-0.15, -0.1) is 0 Å². The molecule has 0 rings (SSSR count). The van der Waals surface area contributed by atoms with Crippen LogP contribution in [0, 0.1) is 0 Å². The molecule has 0 unspecified atom stereocenters. The van der Waals surface area contributed by atoms with Crippen LogP contribution in [0.4, 0.5) is 0 Å². The summed E-state index contributed by atoms with van der Waals surface area (Å²) >= 11 is 0. The molecule has 0 saturated heterocycles. The molecule has 0 amide bonds. The van der Waals surface area contributed by atoms with E-state index in [1.807, 2.05) is 12.2 Å². The zero-order chi connectivity index (χ0) is 51.4. The second-order valence-electron chi connectivity index (χ2n) is 18.4. The van der Waals surface area contributed by atoms with Crippen LogP contribution in [0.5, 0.6) is 0 Å². The molecule has 400 valence electrons. The lowest BCUT2D eigenvalue weighted by Crippen LogP contribution is -2.30. The van der Waals surface area contributed by atoms with Gasteiger partial charge >= 0.3 is 17.9 Å². The Kier molecular flexibility index (Phi) is 54.5. The van der Waals surface area contributed by atoms with Crippen molar-refractivity contribution in [2.75, 3.05) is 13.2 Å². The summed E-state index contributed by atoms with van der Waals surface area (Å²) in [5.74, 6) is -1.04. The Morgan fingerprint density at radius 3 is 0.930 bits per heavy atom. The van der Waals surface area contributed by atoms with Crippen LogP contribution in [-0.2, 0) is 28.6 Å². The first-order valence-corrected chi connectivity index (χ1v) is 28.7. The standard InChI is InChI=1S/C65H104O6/c1-4-7-10-13-16-19-22-25-28-31-32-35-38-41-44-47-50-53-56-59-65(68)71-62(60-69-63(66)57-54-51-48-45-42-39-36-33-29-26-23-20-17-14-11-8-5-2)61-70-64(67)58-55-52-49-46-43-40-37-34-30-27-24-21-18-15-12-9-6-3/h7-8,10-11,16-17,19-20,25-30,32,35-36,39,41,44,50,53,62H,4-6,9,12-15,18,21-24,31,33-34,37-38,40,42-43,45-49,51-52,54-61H2,1-3H3/b10-7-,11-8-,19-16-,20-17-,28-25-,29-26-,30-27-,35-32-,39-36-,44-41-,53-50-/t62-/m1/s1. The zero-order valence-corrected chi connectivity index (χ0v) is 45.7. The summed E-state index contributed by atoms with van der Waals surface area (Å²) in [5, 5.41) is 0. The summed E-state index contributed by atoms with van der Waals surface area (Å²) in [4.78, 5) is 38.1. The second kappa shape index (κ2) is 58.1. The highest BCUT2D eigenvalue weighted by molar-refractivity contribution is 5.71. The van der Waals surface area contributed by atoms with Gasteiger partial charge in [-0.1, -0.05) is 231 Å². The van der Waals surface area contributed by atoms with E-state index in [0.29, 0.717) is 19.3 Å². The Morgan fingerprint density at radius 1 is 0.296 bits per heavy atom. The first-order chi connectivity index (χ1) is 35.0. The maximum absolute atomic E-state index is 12.8. The van der Waals surface area contributed by atoms with Gasteiger partial charge in [0, 0.05) is 19.3 Å². The lowest BCUT2D eigenvalue weighted by atomic mass is 10.1. The maximum Gasteiger partial charge on any atom is 0.306 e. The maximum atomic E-state index is 12.8. The SMILES string of the molecule is CC/C=C\C/C=C\C/C=C\C/C=C\C/C=C\C/C=C\CCC(=O)O[C@H](COC(=O)CCCCCC/C=C\C/C=C\C/C=C\C/C=C\CC)COC(=O)CCCCCCCCC/C=C\CCCCCCCC. The number of esters is 3. The normalized spacial score (nSPS) is 13.1. The highest BCUT2D eigenvalue weighted by Gasteiger charge is 2.19. The van der Waals surface area contributed by atoms with E-state index in [1.165, 1.54) is 77.0 Å². The third-order valence-corrected chi connectivity index (χ3v) is 11.6. The Balaban J connectivity index is 4.58. The number of unbranched alkanes of at least 4 members (excludes halogenated alkanes) is 17. The van der Waals surface area contributed by atoms with Gasteiger partial charge in [0.25, 0.3) is 0 Å². The lowest BCUT2D eigenvalue weighted by Gasteiger charge is -2.18. The topological polar surface area (TPSA) is 78.9 Å². The van der Waals surface area contributed by atoms with E-state index >= 15 is 0 Å². The molecule has 0 bridgehead atoms. The van der Waals surface area contributed by atoms with E-state index in [2.05, 4.69) is 142 Å². The summed E-state index contributed by atoms with van der Waals surface area (Å²) in [6, 6.07) is 0. The Bertz CT molecular complexity index is 1550. The first-order valence-electron chi connectivity index (χ1n) is 28.7. The molecule has 0 aliphatic carbocycles. The largest absolute Gasteiger partial charge is 0.462 e. The molecule has 0 aromatic rings. The highest BCUT2D eigenvalue weighted by atomic mass is 16.6. The van der Waals surface area contributed by atoms with Gasteiger partial charge in [-0.2, -0.15) is 0 Å². The van der Waals surface area contributed by atoms with Gasteiger partial charge in [-0.25, -0.2) is 0 Å². The van der Waals surface area contributed by atoms with E-state index in [0.717, 1.165) is 116 Å². The molecule has 0 radical (unpaired) electrons. The summed E-state index contributed by atoms with van der Waals surface area (Å²) in [6.07, 6.45) is 81.6. The molecule has 0 saturated carbocycles. The fraction of sp³-hybridized carbons (Fsp3) is 0.615. The molecule has 0 spiro atoms. The molecule has 1 atom stereocenters. The fourth-order valence-corrected chi connectivity index (χ4v) is 7.39. The smallest absolute Gasteiger partial charge is 0.306 e. The number of hydrogen-bond acceptors (Lipinski definition) is 6. The van der Waals surface area contributed by atoms with Gasteiger partial charge in [0.05, 0.1) is 0 Å². The highest BCUT2D eigenvalue weighted by Crippen LogP contribution is 2.13. The van der Waals surface area contributed by atoms with Crippen molar-refractivity contribution in [1.82, 2.24) is 0 Å². The number of carbonyl (C=O) groups is 3. The van der Waals surface area contributed by atoms with Gasteiger partial charge in [0.2, 0.25) is 0 Å². The minimum Gasteiger partial charge on any atom is -0.462 e. The molecule has 0 aromatic carbocycles. The predicted octanol–water partition coefficient (Wildman–Crippen LogP) is 19.4. The zero-order valence-electron chi connectivity index (χ0n) is 45.7. The lowest BCUT2D eigenvalue weighted by molar-refractivity contribution is -0.166. The monoisotopic (exact) mass is 981 g/mol. The molecule has 6 nitrogen and oxygen atoms in total. The molecule has 0 aliphatic heterocycles. The average molecular weight is 982 g/mol. The van der Waals surface area contributed by atoms with Crippen molar-refractivity contribution in [2.24, 2.45) is 0 Å². The van der Waals surface area contributed by atoms with Crippen LogP contribution in [0.2, 0.25) is 0 Å².